The Morgan fingerprint density at radius 3 is 2.84 bits per heavy atom. The van der Waals surface area contributed by atoms with Crippen LogP contribution in [0.15, 0.2) is 47.1 Å². The second kappa shape index (κ2) is 8.84. The lowest BCUT2D eigenvalue weighted by Crippen LogP contribution is -2.36. The number of anilines is 1. The maximum atomic E-state index is 9.14. The molecule has 0 bridgehead atoms. The molecule has 4 heterocycles. The van der Waals surface area contributed by atoms with E-state index in [0.717, 1.165) is 69.2 Å². The number of nitrogens with zero attached hydrogens (tertiary/aromatic N) is 6. The lowest BCUT2D eigenvalue weighted by Gasteiger charge is -2.27. The van der Waals surface area contributed by atoms with Gasteiger partial charge in [0.25, 0.3) is 0 Å². The van der Waals surface area contributed by atoms with Gasteiger partial charge in [0.05, 0.1) is 30.9 Å². The summed E-state index contributed by atoms with van der Waals surface area (Å²) in [6.07, 6.45) is 3.86. The second-order valence-electron chi connectivity index (χ2n) is 7.90. The number of rotatable bonds is 5. The van der Waals surface area contributed by atoms with E-state index in [1.54, 1.807) is 6.20 Å². The van der Waals surface area contributed by atoms with Crippen LogP contribution in [0.3, 0.4) is 0 Å². The number of hydrogen-bond donors (Lipinski definition) is 0. The van der Waals surface area contributed by atoms with Crippen molar-refractivity contribution in [1.82, 2.24) is 20.0 Å². The number of benzene rings is 1. The van der Waals surface area contributed by atoms with Gasteiger partial charge >= 0.3 is 0 Å². The molecule has 1 atom stereocenters. The Morgan fingerprint density at radius 2 is 2.03 bits per heavy atom. The van der Waals surface area contributed by atoms with Crippen molar-refractivity contribution in [3.63, 3.8) is 0 Å². The molecule has 0 amide bonds. The van der Waals surface area contributed by atoms with Crippen LogP contribution < -0.4 is 4.90 Å². The third-order valence-corrected chi connectivity index (χ3v) is 5.87. The van der Waals surface area contributed by atoms with Gasteiger partial charge in [-0.2, -0.15) is 10.2 Å². The second-order valence-corrected chi connectivity index (χ2v) is 7.90. The van der Waals surface area contributed by atoms with Crippen LogP contribution in [0.4, 0.5) is 5.82 Å². The Balaban J connectivity index is 1.29. The molecule has 3 aromatic rings. The van der Waals surface area contributed by atoms with Crippen LogP contribution in [0.1, 0.15) is 35.9 Å². The molecule has 0 saturated carbocycles. The zero-order chi connectivity index (χ0) is 21.0. The minimum absolute atomic E-state index is 0.0903. The fraction of sp³-hybridized carbons (Fsp3) is 0.391. The summed E-state index contributed by atoms with van der Waals surface area (Å²) >= 11 is 0. The maximum absolute atomic E-state index is 9.14. The van der Waals surface area contributed by atoms with Gasteiger partial charge in [0.1, 0.15) is 5.82 Å². The average molecular weight is 416 g/mol. The molecule has 0 aliphatic carbocycles. The molecule has 0 spiro atoms. The Labute approximate surface area is 181 Å². The lowest BCUT2D eigenvalue weighted by atomic mass is 10.1. The summed E-state index contributed by atoms with van der Waals surface area (Å²) in [6, 6.07) is 14.0. The number of pyridine rings is 1. The van der Waals surface area contributed by atoms with Crippen LogP contribution in [0, 0.1) is 11.3 Å². The Hall–Kier alpha value is -3.28. The summed E-state index contributed by atoms with van der Waals surface area (Å²) in [6.45, 7) is 4.90. The standard InChI is InChI=1S/C23H24N6O2/c24-14-17-3-1-4-18(13-17)16-29-8-2-5-20(29)23-26-22(27-31-23)19-6-7-21(25-15-19)28-9-11-30-12-10-28/h1,3-4,6-7,13,15,20H,2,5,8-12,16H2/t20-/m0/s1. The smallest absolute Gasteiger partial charge is 0.244 e. The number of aromatic nitrogens is 3. The van der Waals surface area contributed by atoms with Gasteiger partial charge in [-0.25, -0.2) is 4.98 Å². The monoisotopic (exact) mass is 416 g/mol. The molecule has 31 heavy (non-hydrogen) atoms. The van der Waals surface area contributed by atoms with Crippen molar-refractivity contribution in [2.24, 2.45) is 0 Å². The molecule has 158 valence electrons. The SMILES string of the molecule is N#Cc1cccc(CN2CCC[C@H]2c2nc(-c3ccc(N4CCOCC4)nc3)no2)c1. The fourth-order valence-electron chi connectivity index (χ4n) is 4.25. The van der Waals surface area contributed by atoms with Gasteiger partial charge in [-0.1, -0.05) is 17.3 Å². The molecule has 2 fully saturated rings. The van der Waals surface area contributed by atoms with E-state index in [2.05, 4.69) is 37.1 Å². The molecule has 2 saturated heterocycles. The van der Waals surface area contributed by atoms with Crippen LogP contribution in [0.25, 0.3) is 11.4 Å². The summed E-state index contributed by atoms with van der Waals surface area (Å²) in [7, 11) is 0. The van der Waals surface area contributed by atoms with Crippen LogP contribution >= 0.6 is 0 Å². The van der Waals surface area contributed by atoms with Crippen molar-refractivity contribution in [2.75, 3.05) is 37.7 Å². The summed E-state index contributed by atoms with van der Waals surface area (Å²) in [5.41, 5.74) is 2.65. The van der Waals surface area contributed by atoms with Crippen molar-refractivity contribution in [2.45, 2.75) is 25.4 Å². The molecular formula is C23H24N6O2. The molecule has 0 N–H and O–H groups in total. The van der Waals surface area contributed by atoms with Gasteiger partial charge in [0, 0.05) is 31.4 Å². The predicted molar refractivity (Wildman–Crippen MR) is 114 cm³/mol. The van der Waals surface area contributed by atoms with Gasteiger partial charge in [-0.3, -0.25) is 4.90 Å². The van der Waals surface area contributed by atoms with E-state index < -0.39 is 0 Å². The van der Waals surface area contributed by atoms with Crippen molar-refractivity contribution >= 4 is 5.82 Å². The highest BCUT2D eigenvalue weighted by atomic mass is 16.5. The van der Waals surface area contributed by atoms with Crippen molar-refractivity contribution in [1.29, 1.82) is 5.26 Å². The third-order valence-electron chi connectivity index (χ3n) is 5.87. The summed E-state index contributed by atoms with van der Waals surface area (Å²) in [5, 5.41) is 13.4. The minimum atomic E-state index is 0.0903. The molecule has 2 aliphatic rings. The van der Waals surface area contributed by atoms with Crippen LogP contribution in [-0.2, 0) is 11.3 Å². The van der Waals surface area contributed by atoms with Crippen molar-refractivity contribution in [3.8, 4) is 17.5 Å². The van der Waals surface area contributed by atoms with E-state index in [0.29, 0.717) is 17.3 Å². The van der Waals surface area contributed by atoms with Crippen molar-refractivity contribution in [3.05, 3.63) is 59.6 Å². The van der Waals surface area contributed by atoms with Crippen LogP contribution in [-0.4, -0.2) is 52.9 Å². The van der Waals surface area contributed by atoms with Gasteiger partial charge in [0.15, 0.2) is 0 Å². The fourth-order valence-corrected chi connectivity index (χ4v) is 4.25. The highest BCUT2D eigenvalue weighted by molar-refractivity contribution is 5.56. The molecule has 8 heteroatoms. The van der Waals surface area contributed by atoms with E-state index >= 15 is 0 Å². The zero-order valence-corrected chi connectivity index (χ0v) is 17.3. The lowest BCUT2D eigenvalue weighted by molar-refractivity contribution is 0.122. The number of morpholine rings is 1. The largest absolute Gasteiger partial charge is 0.378 e. The zero-order valence-electron chi connectivity index (χ0n) is 17.3. The molecule has 2 aromatic heterocycles. The first kappa shape index (κ1) is 19.7. The number of nitriles is 1. The van der Waals surface area contributed by atoms with Crippen molar-refractivity contribution < 1.29 is 9.26 Å². The van der Waals surface area contributed by atoms with E-state index in [1.807, 2.05) is 30.3 Å². The average Bonchev–Trinajstić information content (AvgIpc) is 3.49. The number of likely N-dealkylation sites (tertiary alicyclic amines) is 1. The number of ether oxygens (including phenoxy) is 1. The predicted octanol–water partition coefficient (Wildman–Crippen LogP) is 3.18. The summed E-state index contributed by atoms with van der Waals surface area (Å²) in [5.74, 6) is 2.15. The highest BCUT2D eigenvalue weighted by Gasteiger charge is 2.31. The van der Waals surface area contributed by atoms with Gasteiger partial charge in [0.2, 0.25) is 11.7 Å². The summed E-state index contributed by atoms with van der Waals surface area (Å²) in [4.78, 5) is 13.8. The molecule has 0 unspecified atom stereocenters. The Morgan fingerprint density at radius 1 is 1.13 bits per heavy atom. The van der Waals surface area contributed by atoms with Crippen LogP contribution in [0.2, 0.25) is 0 Å². The first-order valence-corrected chi connectivity index (χ1v) is 10.7. The molecular weight excluding hydrogens is 392 g/mol. The molecule has 1 aromatic carbocycles. The third kappa shape index (κ3) is 4.29. The van der Waals surface area contributed by atoms with Gasteiger partial charge < -0.3 is 14.2 Å². The first-order chi connectivity index (χ1) is 15.3. The molecule has 8 nitrogen and oxygen atoms in total. The van der Waals surface area contributed by atoms with E-state index in [1.165, 1.54) is 0 Å². The van der Waals surface area contributed by atoms with Gasteiger partial charge in [-0.15, -0.1) is 0 Å². The minimum Gasteiger partial charge on any atom is -0.378 e. The molecule has 2 aliphatic heterocycles. The van der Waals surface area contributed by atoms with Gasteiger partial charge in [-0.05, 0) is 49.2 Å². The summed E-state index contributed by atoms with van der Waals surface area (Å²) < 4.78 is 11.1. The van der Waals surface area contributed by atoms with E-state index in [4.69, 9.17) is 14.5 Å². The Kier molecular flexibility index (Phi) is 5.61. The highest BCUT2D eigenvalue weighted by Crippen LogP contribution is 2.33. The number of hydrogen-bond acceptors (Lipinski definition) is 8. The first-order valence-electron chi connectivity index (χ1n) is 10.7. The Bertz CT molecular complexity index is 1070. The van der Waals surface area contributed by atoms with E-state index in [9.17, 15) is 0 Å². The molecule has 0 radical (unpaired) electrons. The van der Waals surface area contributed by atoms with Crippen LogP contribution in [0.5, 0.6) is 0 Å². The van der Waals surface area contributed by atoms with E-state index in [-0.39, 0.29) is 6.04 Å². The maximum Gasteiger partial charge on any atom is 0.244 e. The topological polar surface area (TPSA) is 91.3 Å². The quantitative estimate of drug-likeness (QED) is 0.626. The normalized spacial score (nSPS) is 19.5. The molecule has 5 rings (SSSR count).